The Bertz CT molecular complexity index is 786. The van der Waals surface area contributed by atoms with Gasteiger partial charge >= 0.3 is 5.13 Å². The van der Waals surface area contributed by atoms with E-state index in [0.29, 0.717) is 16.5 Å². The second-order valence-corrected chi connectivity index (χ2v) is 7.26. The number of hydrogen-bond acceptors (Lipinski definition) is 10. The predicted molar refractivity (Wildman–Crippen MR) is 88.6 cm³/mol. The lowest BCUT2D eigenvalue weighted by molar-refractivity contribution is -0.712. The monoisotopic (exact) mass is 374 g/mol. The van der Waals surface area contributed by atoms with Gasteiger partial charge in [-0.3, -0.25) is 0 Å². The molecule has 2 rings (SSSR count). The number of rotatable bonds is 4. The van der Waals surface area contributed by atoms with Crippen molar-refractivity contribution in [2.75, 3.05) is 31.0 Å². The van der Waals surface area contributed by atoms with Gasteiger partial charge in [-0.25, -0.2) is 8.42 Å². The van der Waals surface area contributed by atoms with E-state index in [4.69, 9.17) is 11.0 Å². The van der Waals surface area contributed by atoms with Gasteiger partial charge in [0.15, 0.2) is 0 Å². The van der Waals surface area contributed by atoms with Crippen LogP contribution >= 0.6 is 11.3 Å². The van der Waals surface area contributed by atoms with E-state index in [1.807, 2.05) is 43.3 Å². The number of nitrogens with two attached hydrogens (primary N) is 1. The molecule has 2 N–H and O–H groups in total. The fourth-order valence-corrected chi connectivity index (χ4v) is 1.98. The molecule has 132 valence electrons. The fourth-order valence-electron chi connectivity index (χ4n) is 1.37. The highest BCUT2D eigenvalue weighted by molar-refractivity contribution is 7.85. The Morgan fingerprint density at radius 3 is 2.21 bits per heavy atom. The van der Waals surface area contributed by atoms with E-state index in [1.165, 1.54) is 11.3 Å². The molecule has 0 fully saturated rings. The maximum Gasteiger partial charge on any atom is 0.431 e. The van der Waals surface area contributed by atoms with Gasteiger partial charge in [-0.05, 0) is 40.7 Å². The Morgan fingerprint density at radius 1 is 1.29 bits per heavy atom. The number of nitrogen functional groups attached to an aromatic ring is 1. The first-order chi connectivity index (χ1) is 11.1. The lowest BCUT2D eigenvalue weighted by Gasteiger charge is -2.11. The molecule has 0 saturated heterocycles. The summed E-state index contributed by atoms with van der Waals surface area (Å²) in [6.45, 7) is 0. The minimum absolute atomic E-state index is 0.481. The Hall–Kier alpha value is -2.15. The Labute approximate surface area is 143 Å². The van der Waals surface area contributed by atoms with E-state index in [0.717, 1.165) is 11.4 Å². The number of aromatic nitrogens is 2. The number of anilines is 2. The quantitative estimate of drug-likeness (QED) is 0.351. The molecule has 0 radical (unpaired) electrons. The van der Waals surface area contributed by atoms with Crippen molar-refractivity contribution < 1.29 is 22.7 Å². The van der Waals surface area contributed by atoms with Crippen LogP contribution in [-0.2, 0) is 21.5 Å². The largest absolute Gasteiger partial charge is 0.707 e. The van der Waals surface area contributed by atoms with Crippen molar-refractivity contribution in [3.05, 3.63) is 24.3 Å². The van der Waals surface area contributed by atoms with Gasteiger partial charge in [-0.2, -0.15) is 0 Å². The minimum Gasteiger partial charge on any atom is -0.707 e. The number of hydrogen-bond donors (Lipinski definition) is 1. The third-order valence-electron chi connectivity index (χ3n) is 2.46. The summed E-state index contributed by atoms with van der Waals surface area (Å²) in [6.07, 6.45) is 0.681. The van der Waals surface area contributed by atoms with Gasteiger partial charge in [0.2, 0.25) is 5.13 Å². The molecule has 0 amide bonds. The van der Waals surface area contributed by atoms with E-state index in [2.05, 4.69) is 19.7 Å². The molecule has 1 heterocycles. The molecule has 2 aromatic rings. The fraction of sp³-hybridized carbons (Fsp3) is 0.333. The maximum atomic E-state index is 9.47. The van der Waals surface area contributed by atoms with Gasteiger partial charge in [0.05, 0.1) is 11.4 Å². The van der Waals surface area contributed by atoms with Crippen LogP contribution < -0.4 is 20.6 Å². The Balaban J connectivity index is 0.000000413. The summed E-state index contributed by atoms with van der Waals surface area (Å²) in [6, 6.07) is 7.83. The highest BCUT2D eigenvalue weighted by Gasteiger charge is 2.13. The second kappa shape index (κ2) is 8.63. The summed E-state index contributed by atoms with van der Waals surface area (Å²) in [4.78, 5) is 2.03. The van der Waals surface area contributed by atoms with Crippen LogP contribution in [0.15, 0.2) is 34.5 Å². The number of nitrogens with zero attached hydrogens (tertiary/aromatic N) is 5. The predicted octanol–water partition coefficient (Wildman–Crippen LogP) is 0.269. The molecule has 0 aliphatic carbocycles. The number of aryl methyl sites for hydroxylation is 1. The third-order valence-corrected chi connectivity index (χ3v) is 3.53. The van der Waals surface area contributed by atoms with E-state index < -0.39 is 10.1 Å². The van der Waals surface area contributed by atoms with Gasteiger partial charge in [0, 0.05) is 19.8 Å². The molecule has 0 atom stereocenters. The van der Waals surface area contributed by atoms with Crippen LogP contribution in [0.2, 0.25) is 0 Å². The molecule has 0 aliphatic rings. The molecule has 10 nitrogen and oxygen atoms in total. The maximum absolute atomic E-state index is 9.47. The SMILES string of the molecule is CN(C)c1ccc(N=Nc2sc(N)n[n+]2C)cc1.CS(=O)(=O)O[O-]. The summed E-state index contributed by atoms with van der Waals surface area (Å²) in [5.74, 6) is 0. The summed E-state index contributed by atoms with van der Waals surface area (Å²) >= 11 is 1.30. The summed E-state index contributed by atoms with van der Waals surface area (Å²) < 4.78 is 23.2. The normalized spacial score (nSPS) is 11.2. The zero-order chi connectivity index (χ0) is 18.3. The first-order valence-corrected chi connectivity index (χ1v) is 9.09. The minimum atomic E-state index is -3.72. The van der Waals surface area contributed by atoms with Gasteiger partial charge in [0.1, 0.15) is 12.7 Å². The highest BCUT2D eigenvalue weighted by atomic mass is 32.2. The zero-order valence-corrected chi connectivity index (χ0v) is 15.2. The van der Waals surface area contributed by atoms with Crippen LogP contribution in [0.3, 0.4) is 0 Å². The van der Waals surface area contributed by atoms with Crippen LogP contribution in [0, 0.1) is 0 Å². The molecule has 0 unspecified atom stereocenters. The van der Waals surface area contributed by atoms with E-state index >= 15 is 0 Å². The Morgan fingerprint density at radius 2 is 1.83 bits per heavy atom. The third kappa shape index (κ3) is 6.95. The molecule has 1 aromatic heterocycles. The van der Waals surface area contributed by atoms with E-state index in [9.17, 15) is 8.42 Å². The molecule has 0 bridgehead atoms. The average molecular weight is 374 g/mol. The molecule has 12 heteroatoms. The summed E-state index contributed by atoms with van der Waals surface area (Å²) in [7, 11) is 2.06. The Kier molecular flexibility index (Phi) is 7.16. The smallest absolute Gasteiger partial charge is 0.431 e. The van der Waals surface area contributed by atoms with Crippen LogP contribution in [-0.4, -0.2) is 33.9 Å². The van der Waals surface area contributed by atoms with Gasteiger partial charge < -0.3 is 20.2 Å². The molecular weight excluding hydrogens is 356 g/mol. The van der Waals surface area contributed by atoms with Crippen molar-refractivity contribution in [2.24, 2.45) is 17.3 Å². The van der Waals surface area contributed by atoms with Crippen molar-refractivity contribution in [1.29, 1.82) is 0 Å². The zero-order valence-electron chi connectivity index (χ0n) is 13.6. The second-order valence-electron chi connectivity index (χ2n) is 4.73. The molecular formula is C12H18N6O4S2. The standard InChI is InChI=1S/C11H15N6S.CH4O4S/c1-16(2)9-6-4-8(5-7-9)13-14-11-17(3)15-10(12)18-11;1-6(3,4)5-2/h4-7H,1-3H3,(H2,12,15);2H,1H3/q+1;/p-1. The van der Waals surface area contributed by atoms with Crippen molar-refractivity contribution in [3.63, 3.8) is 0 Å². The van der Waals surface area contributed by atoms with Crippen LogP contribution in [0.25, 0.3) is 0 Å². The molecule has 24 heavy (non-hydrogen) atoms. The molecule has 0 saturated carbocycles. The number of azo groups is 1. The lowest BCUT2D eigenvalue weighted by Crippen LogP contribution is -2.29. The highest BCUT2D eigenvalue weighted by Crippen LogP contribution is 2.23. The van der Waals surface area contributed by atoms with Crippen molar-refractivity contribution in [3.8, 4) is 0 Å². The average Bonchev–Trinajstić information content (AvgIpc) is 2.83. The number of benzene rings is 1. The molecule has 0 aliphatic heterocycles. The summed E-state index contributed by atoms with van der Waals surface area (Å²) in [5.41, 5.74) is 7.51. The van der Waals surface area contributed by atoms with Crippen molar-refractivity contribution in [1.82, 2.24) is 5.10 Å². The lowest BCUT2D eigenvalue weighted by atomic mass is 10.3. The topological polar surface area (TPSA) is 137 Å². The van der Waals surface area contributed by atoms with Crippen LogP contribution in [0.4, 0.5) is 21.6 Å². The van der Waals surface area contributed by atoms with Crippen molar-refractivity contribution >= 4 is 43.1 Å². The van der Waals surface area contributed by atoms with Gasteiger partial charge in [-0.1, -0.05) is 5.10 Å². The van der Waals surface area contributed by atoms with Crippen LogP contribution in [0.1, 0.15) is 0 Å². The first-order valence-electron chi connectivity index (χ1n) is 6.45. The van der Waals surface area contributed by atoms with Gasteiger partial charge in [-0.15, -0.1) is 4.68 Å². The van der Waals surface area contributed by atoms with Crippen LogP contribution in [0.5, 0.6) is 0 Å². The molecule has 0 spiro atoms. The van der Waals surface area contributed by atoms with E-state index in [-0.39, 0.29) is 0 Å². The molecule has 1 aromatic carbocycles. The first kappa shape index (κ1) is 19.9. The van der Waals surface area contributed by atoms with E-state index in [1.54, 1.807) is 11.7 Å². The van der Waals surface area contributed by atoms with Crippen molar-refractivity contribution in [2.45, 2.75) is 0 Å². The summed E-state index contributed by atoms with van der Waals surface area (Å²) in [5, 5.41) is 22.3. The van der Waals surface area contributed by atoms with Gasteiger partial charge in [0.25, 0.3) is 10.1 Å².